The number of carbonyl (C=O) groups excluding carboxylic acids is 2. The number of rotatable bonds is 3. The number of alkyl carbamates (subject to hydrolysis) is 1. The molecule has 1 saturated heterocycles. The molecule has 8 heteroatoms. The highest BCUT2D eigenvalue weighted by Gasteiger charge is 2.35. The molecule has 0 aromatic heterocycles. The van der Waals surface area contributed by atoms with Gasteiger partial charge in [-0.1, -0.05) is 20.8 Å². The van der Waals surface area contributed by atoms with Crippen LogP contribution in [0.15, 0.2) is 0 Å². The summed E-state index contributed by atoms with van der Waals surface area (Å²) in [6.45, 7) is 6.03. The lowest BCUT2D eigenvalue weighted by Crippen LogP contribution is -2.53. The number of urea groups is 1. The molecular weight excluding hydrogens is 278 g/mol. The summed E-state index contributed by atoms with van der Waals surface area (Å²) < 4.78 is 4.50. The molecule has 3 amide bonds. The van der Waals surface area contributed by atoms with Gasteiger partial charge in [-0.15, -0.1) is 0 Å². The van der Waals surface area contributed by atoms with Gasteiger partial charge in [-0.25, -0.2) is 14.4 Å². The van der Waals surface area contributed by atoms with Crippen LogP contribution in [0.1, 0.15) is 27.2 Å². The van der Waals surface area contributed by atoms with Crippen molar-refractivity contribution in [2.75, 3.05) is 20.2 Å². The molecule has 1 aliphatic rings. The Morgan fingerprint density at radius 3 is 2.43 bits per heavy atom. The summed E-state index contributed by atoms with van der Waals surface area (Å²) in [5.74, 6) is -1.07. The topological polar surface area (TPSA) is 108 Å². The molecule has 120 valence electrons. The molecule has 0 aliphatic carbocycles. The molecule has 1 unspecified atom stereocenters. The van der Waals surface area contributed by atoms with Gasteiger partial charge in [0.25, 0.3) is 0 Å². The Morgan fingerprint density at radius 2 is 1.95 bits per heavy atom. The zero-order chi connectivity index (χ0) is 16.2. The highest BCUT2D eigenvalue weighted by molar-refractivity contribution is 5.83. The zero-order valence-electron chi connectivity index (χ0n) is 12.8. The van der Waals surface area contributed by atoms with E-state index in [9.17, 15) is 19.5 Å². The minimum absolute atomic E-state index is 0.180. The van der Waals surface area contributed by atoms with Gasteiger partial charge in [0, 0.05) is 13.1 Å². The smallest absolute Gasteiger partial charge is 0.407 e. The number of likely N-dealkylation sites (tertiary alicyclic amines) is 1. The fraction of sp³-hybridized carbons (Fsp3) is 0.769. The minimum atomic E-state index is -1.07. The molecule has 21 heavy (non-hydrogen) atoms. The van der Waals surface area contributed by atoms with Gasteiger partial charge in [0.15, 0.2) is 0 Å². The van der Waals surface area contributed by atoms with Gasteiger partial charge >= 0.3 is 18.1 Å². The van der Waals surface area contributed by atoms with Gasteiger partial charge in [0.2, 0.25) is 0 Å². The second-order valence-electron chi connectivity index (χ2n) is 6.15. The van der Waals surface area contributed by atoms with E-state index in [2.05, 4.69) is 15.4 Å². The number of hydrogen-bond donors (Lipinski definition) is 3. The highest BCUT2D eigenvalue weighted by Crippen LogP contribution is 2.20. The van der Waals surface area contributed by atoms with Crippen LogP contribution in [0.4, 0.5) is 9.59 Å². The Labute approximate surface area is 123 Å². The number of hydrogen-bond acceptors (Lipinski definition) is 4. The number of nitrogens with one attached hydrogen (secondary N) is 2. The van der Waals surface area contributed by atoms with Crippen LogP contribution in [-0.2, 0) is 9.53 Å². The van der Waals surface area contributed by atoms with Gasteiger partial charge < -0.3 is 25.4 Å². The molecule has 1 rings (SSSR count). The molecule has 0 aromatic carbocycles. The Balaban J connectivity index is 2.57. The third-order valence-electron chi connectivity index (χ3n) is 3.36. The van der Waals surface area contributed by atoms with Crippen molar-refractivity contribution in [1.82, 2.24) is 15.5 Å². The van der Waals surface area contributed by atoms with Crippen molar-refractivity contribution >= 4 is 18.1 Å². The monoisotopic (exact) mass is 301 g/mol. The Kier molecular flexibility index (Phi) is 5.40. The standard InChI is InChI=1S/C13H23N3O5/c1-13(2,3)9(10(17)18)15-11(19)16-6-5-8(7-16)14-12(20)21-4/h8-9H,5-7H2,1-4H3,(H,14,20)(H,15,19)(H,17,18)/t8?,9-/m1/s1. The average molecular weight is 301 g/mol. The largest absolute Gasteiger partial charge is 0.480 e. The fourth-order valence-corrected chi connectivity index (χ4v) is 2.15. The molecule has 2 atom stereocenters. The van der Waals surface area contributed by atoms with E-state index in [-0.39, 0.29) is 6.04 Å². The maximum atomic E-state index is 12.1. The van der Waals surface area contributed by atoms with Crippen LogP contribution in [0, 0.1) is 5.41 Å². The number of carboxylic acids is 1. The molecule has 0 bridgehead atoms. The van der Waals surface area contributed by atoms with Crippen molar-refractivity contribution in [1.29, 1.82) is 0 Å². The van der Waals surface area contributed by atoms with Crippen molar-refractivity contribution in [3.63, 3.8) is 0 Å². The number of methoxy groups -OCH3 is 1. The van der Waals surface area contributed by atoms with E-state index >= 15 is 0 Å². The second kappa shape index (κ2) is 6.64. The lowest BCUT2D eigenvalue weighted by atomic mass is 9.87. The SMILES string of the molecule is COC(=O)NC1CCN(C(=O)N[C@H](C(=O)O)C(C)(C)C)C1. The molecule has 0 saturated carbocycles. The summed E-state index contributed by atoms with van der Waals surface area (Å²) in [6, 6.07) is -1.59. The maximum absolute atomic E-state index is 12.1. The molecule has 0 radical (unpaired) electrons. The Morgan fingerprint density at radius 1 is 1.33 bits per heavy atom. The van der Waals surface area contributed by atoms with Gasteiger partial charge in [-0.3, -0.25) is 0 Å². The molecule has 8 nitrogen and oxygen atoms in total. The number of nitrogens with zero attached hydrogens (tertiary/aromatic N) is 1. The fourth-order valence-electron chi connectivity index (χ4n) is 2.15. The van der Waals surface area contributed by atoms with Crippen molar-refractivity contribution in [3.8, 4) is 0 Å². The number of aliphatic carboxylic acids is 1. The predicted octanol–water partition coefficient (Wildman–Crippen LogP) is 0.626. The normalized spacial score (nSPS) is 19.8. The molecular formula is C13H23N3O5. The highest BCUT2D eigenvalue weighted by atomic mass is 16.5. The third kappa shape index (κ3) is 4.80. The first-order valence-corrected chi connectivity index (χ1v) is 6.78. The van der Waals surface area contributed by atoms with E-state index in [4.69, 9.17) is 0 Å². The van der Waals surface area contributed by atoms with E-state index < -0.39 is 29.6 Å². The first-order valence-electron chi connectivity index (χ1n) is 6.78. The van der Waals surface area contributed by atoms with Crippen molar-refractivity contribution in [2.45, 2.75) is 39.3 Å². The number of amides is 3. The summed E-state index contributed by atoms with van der Waals surface area (Å²) in [6.07, 6.45) is 0.0656. The lowest BCUT2D eigenvalue weighted by Gasteiger charge is -2.29. The van der Waals surface area contributed by atoms with E-state index in [1.165, 1.54) is 12.0 Å². The van der Waals surface area contributed by atoms with Crippen molar-refractivity contribution < 1.29 is 24.2 Å². The summed E-state index contributed by atoms with van der Waals surface area (Å²) in [5, 5.41) is 14.3. The molecule has 1 fully saturated rings. The Bertz CT molecular complexity index is 419. The molecule has 3 N–H and O–H groups in total. The van der Waals surface area contributed by atoms with E-state index in [1.54, 1.807) is 20.8 Å². The van der Waals surface area contributed by atoms with E-state index in [1.807, 2.05) is 0 Å². The van der Waals surface area contributed by atoms with Gasteiger partial charge in [0.1, 0.15) is 6.04 Å². The maximum Gasteiger partial charge on any atom is 0.407 e. The van der Waals surface area contributed by atoms with Crippen LogP contribution in [0.3, 0.4) is 0 Å². The van der Waals surface area contributed by atoms with Gasteiger partial charge in [-0.05, 0) is 11.8 Å². The molecule has 1 aliphatic heterocycles. The van der Waals surface area contributed by atoms with Crippen LogP contribution < -0.4 is 10.6 Å². The van der Waals surface area contributed by atoms with Crippen LogP contribution in [0.25, 0.3) is 0 Å². The van der Waals surface area contributed by atoms with Crippen molar-refractivity contribution in [3.05, 3.63) is 0 Å². The molecule has 0 aromatic rings. The minimum Gasteiger partial charge on any atom is -0.480 e. The zero-order valence-corrected chi connectivity index (χ0v) is 12.8. The molecule has 1 heterocycles. The van der Waals surface area contributed by atoms with Crippen LogP contribution in [0.2, 0.25) is 0 Å². The van der Waals surface area contributed by atoms with Crippen LogP contribution in [-0.4, -0.2) is 60.4 Å². The van der Waals surface area contributed by atoms with Crippen LogP contribution >= 0.6 is 0 Å². The predicted molar refractivity (Wildman–Crippen MR) is 74.9 cm³/mol. The number of carbonyl (C=O) groups is 3. The van der Waals surface area contributed by atoms with Gasteiger partial charge in [-0.2, -0.15) is 0 Å². The quantitative estimate of drug-likeness (QED) is 0.708. The van der Waals surface area contributed by atoms with Gasteiger partial charge in [0.05, 0.1) is 13.2 Å². The summed E-state index contributed by atoms with van der Waals surface area (Å²) in [4.78, 5) is 36.0. The summed E-state index contributed by atoms with van der Waals surface area (Å²) in [7, 11) is 1.27. The van der Waals surface area contributed by atoms with Crippen LogP contribution in [0.5, 0.6) is 0 Å². The first-order chi connectivity index (χ1) is 9.65. The number of ether oxygens (including phenoxy) is 1. The first kappa shape index (κ1) is 17.1. The Hall–Kier alpha value is -1.99. The van der Waals surface area contributed by atoms with E-state index in [0.717, 1.165) is 0 Å². The number of carboxylic acid groups (broad SMARTS) is 1. The van der Waals surface area contributed by atoms with Crippen molar-refractivity contribution in [2.24, 2.45) is 5.41 Å². The summed E-state index contributed by atoms with van der Waals surface area (Å²) >= 11 is 0. The summed E-state index contributed by atoms with van der Waals surface area (Å²) in [5.41, 5.74) is -0.592. The lowest BCUT2D eigenvalue weighted by molar-refractivity contribution is -0.142. The second-order valence-corrected chi connectivity index (χ2v) is 6.15. The average Bonchev–Trinajstić information content (AvgIpc) is 2.82. The molecule has 0 spiro atoms. The third-order valence-corrected chi connectivity index (χ3v) is 3.36. The van der Waals surface area contributed by atoms with E-state index in [0.29, 0.717) is 19.5 Å².